The summed E-state index contributed by atoms with van der Waals surface area (Å²) in [7, 11) is -12.9. The summed E-state index contributed by atoms with van der Waals surface area (Å²) in [6, 6.07) is 5.53. The summed E-state index contributed by atoms with van der Waals surface area (Å²) in [5, 5.41) is 22.6. The van der Waals surface area contributed by atoms with E-state index in [1.54, 1.807) is 0 Å². The monoisotopic (exact) mass is 453 g/mol. The Morgan fingerprint density at radius 1 is 0.786 bits per heavy atom. The third-order valence-corrected chi connectivity index (χ3v) is 7.52. The van der Waals surface area contributed by atoms with E-state index in [1.165, 1.54) is 12.1 Å². The Bertz CT molecular complexity index is 1190. The maximum Gasteiger partial charge on any atom is 0.241 e. The summed E-state index contributed by atoms with van der Waals surface area (Å²) >= 11 is 0. The van der Waals surface area contributed by atoms with E-state index in [0.29, 0.717) is 0 Å². The number of fused-ring (bicyclic) bond motifs is 1. The van der Waals surface area contributed by atoms with Crippen molar-refractivity contribution in [1.82, 2.24) is 9.44 Å². The Morgan fingerprint density at radius 2 is 1.32 bits per heavy atom. The zero-order valence-corrected chi connectivity index (χ0v) is 16.8. The molecule has 11 nitrogen and oxygen atoms in total. The third-order valence-electron chi connectivity index (χ3n) is 3.61. The van der Waals surface area contributed by atoms with Gasteiger partial charge in [-0.15, -0.1) is 0 Å². The van der Waals surface area contributed by atoms with Crippen molar-refractivity contribution in [2.45, 2.75) is 14.7 Å². The fourth-order valence-corrected chi connectivity index (χ4v) is 5.57. The quantitative estimate of drug-likeness (QED) is 0.288. The molecule has 6 N–H and O–H groups in total. The maximum atomic E-state index is 12.6. The van der Waals surface area contributed by atoms with Gasteiger partial charge in [0.2, 0.25) is 30.1 Å². The molecule has 0 unspecified atom stereocenters. The molecule has 0 aromatic heterocycles. The third kappa shape index (κ3) is 4.84. The first-order chi connectivity index (χ1) is 12.9. The summed E-state index contributed by atoms with van der Waals surface area (Å²) in [4.78, 5) is -1.50. The molecule has 0 fully saturated rings. The highest BCUT2D eigenvalue weighted by molar-refractivity contribution is 7.90. The second-order valence-electron chi connectivity index (χ2n) is 5.56. The van der Waals surface area contributed by atoms with Crippen LogP contribution in [-0.4, -0.2) is 61.8 Å². The summed E-state index contributed by atoms with van der Waals surface area (Å²) < 4.78 is 78.0. The Kier molecular flexibility index (Phi) is 6.78. The number of hydrogen-bond donors (Lipinski definition) is 5. The van der Waals surface area contributed by atoms with Crippen molar-refractivity contribution >= 4 is 40.8 Å². The second-order valence-corrected chi connectivity index (χ2v) is 10.6. The molecule has 28 heavy (non-hydrogen) atoms. The van der Waals surface area contributed by atoms with Crippen molar-refractivity contribution in [3.05, 3.63) is 30.3 Å². The number of aliphatic hydroxyl groups excluding tert-OH is 2. The van der Waals surface area contributed by atoms with Gasteiger partial charge in [0.1, 0.15) is 0 Å². The van der Waals surface area contributed by atoms with Crippen LogP contribution in [0.25, 0.3) is 10.8 Å². The van der Waals surface area contributed by atoms with E-state index in [-0.39, 0.29) is 28.8 Å². The molecule has 0 heterocycles. The number of aliphatic hydroxyl groups is 2. The molecule has 0 radical (unpaired) electrons. The zero-order valence-electron chi connectivity index (χ0n) is 14.4. The van der Waals surface area contributed by atoms with Crippen LogP contribution in [0.15, 0.2) is 45.0 Å². The Morgan fingerprint density at radius 3 is 1.82 bits per heavy atom. The number of benzene rings is 2. The van der Waals surface area contributed by atoms with E-state index in [9.17, 15) is 25.3 Å². The van der Waals surface area contributed by atoms with Gasteiger partial charge in [-0.25, -0.2) is 39.8 Å². The average Bonchev–Trinajstić information content (AvgIpc) is 2.62. The van der Waals surface area contributed by atoms with Crippen LogP contribution in [-0.2, 0) is 30.1 Å². The topological polar surface area (TPSA) is 193 Å². The Labute approximate surface area is 162 Å². The minimum Gasteiger partial charge on any atom is -0.395 e. The standard InChI is InChI=1S/C14H19N3O8S3/c15-26(20,21)10-8-12-11(14(9-10)28(24,25)17-5-7-19)2-1-3-13(12)27(22,23)16-4-6-18/h1-3,8-9,16-19H,4-7H2,(H2,15,20,21). The molecule has 0 saturated carbocycles. The lowest BCUT2D eigenvalue weighted by atomic mass is 10.1. The fraction of sp³-hybridized carbons (Fsp3) is 0.286. The van der Waals surface area contributed by atoms with Gasteiger partial charge in [-0.3, -0.25) is 0 Å². The van der Waals surface area contributed by atoms with E-state index in [1.807, 2.05) is 0 Å². The minimum absolute atomic E-state index is 0.0651. The first kappa shape index (κ1) is 22.6. The summed E-state index contributed by atoms with van der Waals surface area (Å²) in [5.74, 6) is 0. The molecule has 0 aliphatic heterocycles. The van der Waals surface area contributed by atoms with Crippen molar-refractivity contribution in [1.29, 1.82) is 0 Å². The van der Waals surface area contributed by atoms with Crippen LogP contribution >= 0.6 is 0 Å². The molecule has 0 atom stereocenters. The van der Waals surface area contributed by atoms with Crippen LogP contribution in [0, 0.1) is 0 Å². The van der Waals surface area contributed by atoms with Crippen molar-refractivity contribution < 1.29 is 35.5 Å². The SMILES string of the molecule is NS(=O)(=O)c1cc(S(=O)(=O)NCCO)c2cccc(S(=O)(=O)NCCO)c2c1. The number of nitrogens with one attached hydrogen (secondary N) is 2. The first-order valence-corrected chi connectivity index (χ1v) is 12.3. The average molecular weight is 454 g/mol. The molecule has 2 aromatic rings. The number of rotatable bonds is 9. The molecule has 2 rings (SSSR count). The molecule has 0 spiro atoms. The normalized spacial score (nSPS) is 13.1. The van der Waals surface area contributed by atoms with Gasteiger partial charge in [0.25, 0.3) is 0 Å². The first-order valence-electron chi connectivity index (χ1n) is 7.74. The van der Waals surface area contributed by atoms with Gasteiger partial charge in [0.05, 0.1) is 27.9 Å². The Balaban J connectivity index is 2.91. The van der Waals surface area contributed by atoms with Gasteiger partial charge in [0.15, 0.2) is 0 Å². The van der Waals surface area contributed by atoms with Crippen molar-refractivity contribution in [2.75, 3.05) is 26.3 Å². The van der Waals surface area contributed by atoms with Crippen molar-refractivity contribution in [2.24, 2.45) is 5.14 Å². The van der Waals surface area contributed by atoms with Crippen LogP contribution in [0.4, 0.5) is 0 Å². The van der Waals surface area contributed by atoms with E-state index in [0.717, 1.165) is 18.2 Å². The highest BCUT2D eigenvalue weighted by Crippen LogP contribution is 2.31. The molecule has 0 aliphatic carbocycles. The van der Waals surface area contributed by atoms with Crippen LogP contribution in [0.2, 0.25) is 0 Å². The summed E-state index contributed by atoms with van der Waals surface area (Å²) in [6.45, 7) is -1.61. The molecule has 0 amide bonds. The van der Waals surface area contributed by atoms with Gasteiger partial charge in [-0.2, -0.15) is 0 Å². The van der Waals surface area contributed by atoms with E-state index >= 15 is 0 Å². The van der Waals surface area contributed by atoms with Gasteiger partial charge in [-0.1, -0.05) is 12.1 Å². The predicted molar refractivity (Wildman–Crippen MR) is 99.9 cm³/mol. The molecule has 0 bridgehead atoms. The summed E-state index contributed by atoms with van der Waals surface area (Å²) in [6.07, 6.45) is 0. The number of sulfonamides is 3. The number of hydrogen-bond acceptors (Lipinski definition) is 8. The van der Waals surface area contributed by atoms with Crippen LogP contribution in [0.5, 0.6) is 0 Å². The van der Waals surface area contributed by atoms with Gasteiger partial charge in [0, 0.05) is 23.9 Å². The largest absolute Gasteiger partial charge is 0.395 e. The molecular weight excluding hydrogens is 434 g/mol. The van der Waals surface area contributed by atoms with Gasteiger partial charge >= 0.3 is 0 Å². The maximum absolute atomic E-state index is 12.6. The molecule has 2 aromatic carbocycles. The Hall–Kier alpha value is -1.65. The molecule has 0 saturated heterocycles. The second kappa shape index (κ2) is 8.38. The highest BCUT2D eigenvalue weighted by atomic mass is 32.2. The van der Waals surface area contributed by atoms with Crippen molar-refractivity contribution in [3.8, 4) is 0 Å². The number of primary sulfonamides is 1. The molecule has 156 valence electrons. The van der Waals surface area contributed by atoms with Gasteiger partial charge in [-0.05, 0) is 18.2 Å². The molecule has 14 heteroatoms. The smallest absolute Gasteiger partial charge is 0.241 e. The van der Waals surface area contributed by atoms with Crippen molar-refractivity contribution in [3.63, 3.8) is 0 Å². The lowest BCUT2D eigenvalue weighted by molar-refractivity contribution is 0.300. The van der Waals surface area contributed by atoms with E-state index in [2.05, 4.69) is 9.44 Å². The summed E-state index contributed by atoms with van der Waals surface area (Å²) in [5.41, 5.74) is 0. The van der Waals surface area contributed by atoms with Crippen LogP contribution < -0.4 is 14.6 Å². The molecular formula is C14H19N3O8S3. The highest BCUT2D eigenvalue weighted by Gasteiger charge is 2.25. The minimum atomic E-state index is -4.37. The number of nitrogens with two attached hydrogens (primary N) is 1. The van der Waals surface area contributed by atoms with Gasteiger partial charge < -0.3 is 10.2 Å². The predicted octanol–water partition coefficient (Wildman–Crippen LogP) is -1.97. The zero-order chi connectivity index (χ0) is 21.2. The van der Waals surface area contributed by atoms with Crippen LogP contribution in [0.1, 0.15) is 0 Å². The lowest BCUT2D eigenvalue weighted by Crippen LogP contribution is -2.28. The van der Waals surface area contributed by atoms with E-state index in [4.69, 9.17) is 15.4 Å². The fourth-order valence-electron chi connectivity index (χ4n) is 2.44. The van der Waals surface area contributed by atoms with Crippen LogP contribution in [0.3, 0.4) is 0 Å². The van der Waals surface area contributed by atoms with E-state index < -0.39 is 53.1 Å². The molecule has 0 aliphatic rings. The lowest BCUT2D eigenvalue weighted by Gasteiger charge is -2.14.